The van der Waals surface area contributed by atoms with Crippen molar-refractivity contribution in [2.24, 2.45) is 17.8 Å². The van der Waals surface area contributed by atoms with E-state index in [2.05, 4.69) is 5.32 Å². The summed E-state index contributed by atoms with van der Waals surface area (Å²) in [5.74, 6) is 3.07. The van der Waals surface area contributed by atoms with Gasteiger partial charge < -0.3 is 15.2 Å². The fourth-order valence-corrected chi connectivity index (χ4v) is 5.60. The maximum absolute atomic E-state index is 12.7. The number of aliphatic hydroxyl groups excluding tert-OH is 1. The summed E-state index contributed by atoms with van der Waals surface area (Å²) in [6.45, 7) is 1.78. The first kappa shape index (κ1) is 15.9. The Morgan fingerprint density at radius 3 is 2.46 bits per heavy atom. The molecular formula is C20H27NO3. The van der Waals surface area contributed by atoms with E-state index in [1.165, 1.54) is 19.3 Å². The van der Waals surface area contributed by atoms with Crippen molar-refractivity contribution in [1.29, 1.82) is 0 Å². The van der Waals surface area contributed by atoms with E-state index in [0.717, 1.165) is 42.6 Å². The molecule has 1 atom stereocenters. The number of carbonyl (C=O) groups excluding carboxylic acids is 1. The van der Waals surface area contributed by atoms with Gasteiger partial charge in [-0.3, -0.25) is 4.79 Å². The summed E-state index contributed by atoms with van der Waals surface area (Å²) in [7, 11) is 0. The van der Waals surface area contributed by atoms with Crippen molar-refractivity contribution in [3.05, 3.63) is 29.8 Å². The van der Waals surface area contributed by atoms with Gasteiger partial charge in [-0.15, -0.1) is 0 Å². The number of nitrogens with one attached hydrogen (secondary N) is 1. The zero-order valence-corrected chi connectivity index (χ0v) is 14.3. The van der Waals surface area contributed by atoms with Crippen molar-refractivity contribution in [1.82, 2.24) is 5.32 Å². The van der Waals surface area contributed by atoms with Crippen LogP contribution in [0.2, 0.25) is 0 Å². The van der Waals surface area contributed by atoms with Gasteiger partial charge >= 0.3 is 0 Å². The van der Waals surface area contributed by atoms with E-state index < -0.39 is 6.10 Å². The number of hydrogen-bond donors (Lipinski definition) is 2. The normalized spacial score (nSPS) is 34.8. The van der Waals surface area contributed by atoms with Gasteiger partial charge in [-0.25, -0.2) is 0 Å². The van der Waals surface area contributed by atoms with Crippen LogP contribution >= 0.6 is 0 Å². The first-order chi connectivity index (χ1) is 11.5. The first-order valence-electron chi connectivity index (χ1n) is 9.24. The van der Waals surface area contributed by atoms with E-state index in [9.17, 15) is 9.90 Å². The van der Waals surface area contributed by atoms with Gasteiger partial charge in [-0.1, -0.05) is 12.1 Å². The lowest BCUT2D eigenvalue weighted by atomic mass is 9.53. The van der Waals surface area contributed by atoms with Gasteiger partial charge in [0, 0.05) is 5.54 Å². The minimum atomic E-state index is -0.521. The summed E-state index contributed by atoms with van der Waals surface area (Å²) >= 11 is 0. The average Bonchev–Trinajstić information content (AvgIpc) is 2.53. The topological polar surface area (TPSA) is 58.6 Å². The van der Waals surface area contributed by atoms with Crippen molar-refractivity contribution in [2.75, 3.05) is 0 Å². The van der Waals surface area contributed by atoms with Crippen molar-refractivity contribution >= 4 is 5.91 Å². The smallest absolute Gasteiger partial charge is 0.261 e. The molecule has 1 unspecified atom stereocenters. The van der Waals surface area contributed by atoms with Crippen LogP contribution in [0.4, 0.5) is 0 Å². The Morgan fingerprint density at radius 2 is 1.88 bits per heavy atom. The Bertz CT molecular complexity index is 592. The lowest BCUT2D eigenvalue weighted by Gasteiger charge is -2.57. The maximum atomic E-state index is 12.7. The highest BCUT2D eigenvalue weighted by Gasteiger charge is 2.51. The van der Waals surface area contributed by atoms with Gasteiger partial charge in [0.25, 0.3) is 5.91 Å². The molecule has 4 heteroatoms. The van der Waals surface area contributed by atoms with Crippen molar-refractivity contribution in [3.8, 4) is 5.75 Å². The quantitative estimate of drug-likeness (QED) is 0.873. The van der Waals surface area contributed by atoms with E-state index in [1.54, 1.807) is 6.07 Å². The molecule has 1 aromatic carbocycles. The van der Waals surface area contributed by atoms with Gasteiger partial charge in [0.2, 0.25) is 0 Å². The number of benzene rings is 1. The van der Waals surface area contributed by atoms with E-state index in [-0.39, 0.29) is 18.1 Å². The Hall–Kier alpha value is -1.55. The molecule has 0 saturated heterocycles. The van der Waals surface area contributed by atoms with Crippen LogP contribution in [0.1, 0.15) is 51.0 Å². The number of aliphatic hydroxyl groups is 1. The Balaban J connectivity index is 1.40. The molecule has 130 valence electrons. The molecule has 1 amide bonds. The molecule has 4 fully saturated rings. The predicted molar refractivity (Wildman–Crippen MR) is 91.5 cm³/mol. The molecule has 0 heterocycles. The number of rotatable bonds is 5. The Morgan fingerprint density at radius 1 is 1.25 bits per heavy atom. The summed E-state index contributed by atoms with van der Waals surface area (Å²) in [4.78, 5) is 12.7. The van der Waals surface area contributed by atoms with Gasteiger partial charge in [0.05, 0.1) is 6.61 Å². The second kappa shape index (κ2) is 6.07. The molecule has 4 aliphatic rings. The number of hydrogen-bond acceptors (Lipinski definition) is 3. The molecule has 4 bridgehead atoms. The van der Waals surface area contributed by atoms with Crippen molar-refractivity contribution in [2.45, 2.75) is 63.7 Å². The van der Waals surface area contributed by atoms with E-state index in [4.69, 9.17) is 4.74 Å². The molecule has 4 aliphatic carbocycles. The standard InChI is InChI=1S/C20H27NO3/c1-13(24-18-4-2-3-14(8-18)12-22)19(23)21-20-9-15-5-16(10-20)7-17(6-15)11-20/h2-4,8,13,15-17,22H,5-7,9-12H2,1H3,(H,21,23). The molecular weight excluding hydrogens is 302 g/mol. The molecule has 0 radical (unpaired) electrons. The maximum Gasteiger partial charge on any atom is 0.261 e. The lowest BCUT2D eigenvalue weighted by Crippen LogP contribution is -2.61. The van der Waals surface area contributed by atoms with Crippen LogP contribution in [-0.2, 0) is 11.4 Å². The summed E-state index contributed by atoms with van der Waals surface area (Å²) in [6, 6.07) is 7.29. The van der Waals surface area contributed by atoms with Crippen molar-refractivity contribution in [3.63, 3.8) is 0 Å². The van der Waals surface area contributed by atoms with Crippen LogP contribution < -0.4 is 10.1 Å². The van der Waals surface area contributed by atoms with Crippen LogP contribution in [0.5, 0.6) is 5.75 Å². The van der Waals surface area contributed by atoms with Crippen LogP contribution in [0.25, 0.3) is 0 Å². The molecule has 24 heavy (non-hydrogen) atoms. The highest BCUT2D eigenvalue weighted by Crippen LogP contribution is 2.55. The van der Waals surface area contributed by atoms with E-state index in [0.29, 0.717) is 5.75 Å². The van der Waals surface area contributed by atoms with Crippen LogP contribution in [-0.4, -0.2) is 22.7 Å². The second-order valence-electron chi connectivity index (χ2n) is 8.25. The first-order valence-corrected chi connectivity index (χ1v) is 9.24. The van der Waals surface area contributed by atoms with E-state index in [1.807, 2.05) is 25.1 Å². The molecule has 0 aliphatic heterocycles. The van der Waals surface area contributed by atoms with Crippen LogP contribution in [0.15, 0.2) is 24.3 Å². The lowest BCUT2D eigenvalue weighted by molar-refractivity contribution is -0.133. The fraction of sp³-hybridized carbons (Fsp3) is 0.650. The van der Waals surface area contributed by atoms with Crippen LogP contribution in [0, 0.1) is 17.8 Å². The summed E-state index contributed by atoms with van der Waals surface area (Å²) in [5, 5.41) is 12.6. The molecule has 4 saturated carbocycles. The van der Waals surface area contributed by atoms with E-state index >= 15 is 0 Å². The highest BCUT2D eigenvalue weighted by atomic mass is 16.5. The minimum Gasteiger partial charge on any atom is -0.481 e. The second-order valence-corrected chi connectivity index (χ2v) is 8.25. The Kier molecular flexibility index (Phi) is 4.03. The zero-order chi connectivity index (χ0) is 16.7. The molecule has 1 aromatic rings. The largest absolute Gasteiger partial charge is 0.481 e. The third-order valence-electron chi connectivity index (χ3n) is 6.19. The zero-order valence-electron chi connectivity index (χ0n) is 14.3. The fourth-order valence-electron chi connectivity index (χ4n) is 5.60. The van der Waals surface area contributed by atoms with Gasteiger partial charge in [0.1, 0.15) is 5.75 Å². The summed E-state index contributed by atoms with van der Waals surface area (Å²) < 4.78 is 5.81. The molecule has 5 rings (SSSR count). The van der Waals surface area contributed by atoms with Crippen LogP contribution in [0.3, 0.4) is 0 Å². The molecule has 2 N–H and O–H groups in total. The number of ether oxygens (including phenoxy) is 1. The third kappa shape index (κ3) is 3.04. The summed E-state index contributed by atoms with van der Waals surface area (Å²) in [5.41, 5.74) is 0.817. The molecule has 0 aromatic heterocycles. The molecule has 4 nitrogen and oxygen atoms in total. The number of carbonyl (C=O) groups is 1. The Labute approximate surface area is 143 Å². The average molecular weight is 329 g/mol. The number of amides is 1. The van der Waals surface area contributed by atoms with Gasteiger partial charge in [-0.05, 0) is 80.9 Å². The monoisotopic (exact) mass is 329 g/mol. The third-order valence-corrected chi connectivity index (χ3v) is 6.19. The molecule has 0 spiro atoms. The van der Waals surface area contributed by atoms with Gasteiger partial charge in [0.15, 0.2) is 6.10 Å². The van der Waals surface area contributed by atoms with Gasteiger partial charge in [-0.2, -0.15) is 0 Å². The SMILES string of the molecule is CC(Oc1cccc(CO)c1)C(=O)NC12CC3CC(CC(C3)C1)C2. The predicted octanol–water partition coefficient (Wildman–Crippen LogP) is 3.03. The van der Waals surface area contributed by atoms with Crippen molar-refractivity contribution < 1.29 is 14.6 Å². The minimum absolute atomic E-state index is 0.00801. The highest BCUT2D eigenvalue weighted by molar-refractivity contribution is 5.81. The summed E-state index contributed by atoms with van der Waals surface area (Å²) in [6.07, 6.45) is 7.04.